The van der Waals surface area contributed by atoms with Gasteiger partial charge in [0.1, 0.15) is 0 Å². The van der Waals surface area contributed by atoms with Crippen molar-refractivity contribution in [2.75, 3.05) is 26.2 Å². The molecule has 1 aliphatic carbocycles. The lowest BCUT2D eigenvalue weighted by atomic mass is 10.00. The molecular weight excluding hydrogens is 394 g/mol. The summed E-state index contributed by atoms with van der Waals surface area (Å²) in [6.07, 6.45) is 2.83. The van der Waals surface area contributed by atoms with E-state index in [9.17, 15) is 0 Å². The van der Waals surface area contributed by atoms with Crippen LogP contribution in [0.4, 0.5) is 0 Å². The van der Waals surface area contributed by atoms with Crippen molar-refractivity contribution < 1.29 is 0 Å². The Bertz CT molecular complexity index is 393. The Balaban J connectivity index is 0.000000902. The normalized spacial score (nSPS) is 21.1. The van der Waals surface area contributed by atoms with Crippen LogP contribution in [0.5, 0.6) is 0 Å². The Morgan fingerprint density at radius 3 is 2.42 bits per heavy atom. The third-order valence-electron chi connectivity index (χ3n) is 3.80. The standard InChI is InChI=1S/C14H19IN2.2ClH/c15-13-3-1-2-12(10-13)14(11-4-5-11)17-8-6-16-7-9-17;;/h1-3,10-11,14,16H,4-9H2;2*1H/t14-;;/m1../s1. The molecule has 19 heavy (non-hydrogen) atoms. The number of piperazine rings is 1. The number of nitrogens with zero attached hydrogens (tertiary/aromatic N) is 1. The van der Waals surface area contributed by atoms with Crippen LogP contribution in [0.15, 0.2) is 24.3 Å². The molecule has 0 bridgehead atoms. The molecule has 0 radical (unpaired) electrons. The van der Waals surface area contributed by atoms with Gasteiger partial charge in [0.25, 0.3) is 0 Å². The predicted molar refractivity (Wildman–Crippen MR) is 93.6 cm³/mol. The molecular formula is C14H21Cl2IN2. The molecule has 2 nitrogen and oxygen atoms in total. The average Bonchev–Trinajstić information content (AvgIpc) is 3.15. The number of benzene rings is 1. The molecule has 1 aromatic carbocycles. The Morgan fingerprint density at radius 2 is 1.84 bits per heavy atom. The van der Waals surface area contributed by atoms with Gasteiger partial charge in [-0.15, -0.1) is 24.8 Å². The van der Waals surface area contributed by atoms with Gasteiger partial charge in [0.2, 0.25) is 0 Å². The molecule has 0 unspecified atom stereocenters. The van der Waals surface area contributed by atoms with Gasteiger partial charge in [0.15, 0.2) is 0 Å². The minimum absolute atomic E-state index is 0. The highest BCUT2D eigenvalue weighted by molar-refractivity contribution is 14.1. The zero-order valence-corrected chi connectivity index (χ0v) is 14.6. The maximum atomic E-state index is 3.45. The Labute approximate surface area is 141 Å². The van der Waals surface area contributed by atoms with Crippen molar-refractivity contribution in [3.8, 4) is 0 Å². The van der Waals surface area contributed by atoms with Gasteiger partial charge in [-0.2, -0.15) is 0 Å². The Hall–Kier alpha value is 0.450. The first-order valence-corrected chi connectivity index (χ1v) is 7.63. The van der Waals surface area contributed by atoms with Crippen molar-refractivity contribution in [2.45, 2.75) is 18.9 Å². The highest BCUT2D eigenvalue weighted by Gasteiger charge is 2.36. The highest BCUT2D eigenvalue weighted by atomic mass is 127. The Morgan fingerprint density at radius 1 is 1.16 bits per heavy atom. The maximum absolute atomic E-state index is 3.45. The second-order valence-electron chi connectivity index (χ2n) is 5.12. The molecule has 1 aliphatic heterocycles. The summed E-state index contributed by atoms with van der Waals surface area (Å²) in [6.45, 7) is 4.69. The van der Waals surface area contributed by atoms with Crippen LogP contribution in [0.2, 0.25) is 0 Å². The summed E-state index contributed by atoms with van der Waals surface area (Å²) in [5, 5.41) is 3.45. The molecule has 2 aliphatic rings. The van der Waals surface area contributed by atoms with E-state index < -0.39 is 0 Å². The van der Waals surface area contributed by atoms with Gasteiger partial charge in [0, 0.05) is 35.8 Å². The summed E-state index contributed by atoms with van der Waals surface area (Å²) in [5.74, 6) is 0.909. The van der Waals surface area contributed by atoms with Crippen LogP contribution in [0, 0.1) is 9.49 Å². The topological polar surface area (TPSA) is 15.3 Å². The van der Waals surface area contributed by atoms with E-state index in [0.717, 1.165) is 19.0 Å². The van der Waals surface area contributed by atoms with Crippen molar-refractivity contribution in [1.29, 1.82) is 0 Å². The average molecular weight is 415 g/mol. The van der Waals surface area contributed by atoms with E-state index in [0.29, 0.717) is 6.04 Å². The molecule has 1 saturated carbocycles. The van der Waals surface area contributed by atoms with Crippen molar-refractivity contribution in [3.05, 3.63) is 33.4 Å². The van der Waals surface area contributed by atoms with Gasteiger partial charge < -0.3 is 5.32 Å². The van der Waals surface area contributed by atoms with Gasteiger partial charge in [-0.3, -0.25) is 4.90 Å². The zero-order valence-electron chi connectivity index (χ0n) is 10.8. The number of halogens is 3. The lowest BCUT2D eigenvalue weighted by molar-refractivity contribution is 0.156. The lowest BCUT2D eigenvalue weighted by Gasteiger charge is -2.35. The molecule has 2 fully saturated rings. The third kappa shape index (κ3) is 4.46. The summed E-state index contributed by atoms with van der Waals surface area (Å²) in [4.78, 5) is 2.68. The molecule has 5 heteroatoms. The van der Waals surface area contributed by atoms with Crippen LogP contribution in [-0.4, -0.2) is 31.1 Å². The first kappa shape index (κ1) is 17.5. The van der Waals surface area contributed by atoms with Gasteiger partial charge in [-0.05, 0) is 59.0 Å². The fraction of sp³-hybridized carbons (Fsp3) is 0.571. The van der Waals surface area contributed by atoms with Gasteiger partial charge >= 0.3 is 0 Å². The van der Waals surface area contributed by atoms with Crippen LogP contribution in [0.3, 0.4) is 0 Å². The molecule has 0 amide bonds. The fourth-order valence-electron chi connectivity index (χ4n) is 2.84. The number of nitrogens with one attached hydrogen (secondary N) is 1. The third-order valence-corrected chi connectivity index (χ3v) is 4.47. The molecule has 1 N–H and O–H groups in total. The van der Waals surface area contributed by atoms with Gasteiger partial charge in [0.05, 0.1) is 0 Å². The van der Waals surface area contributed by atoms with E-state index in [-0.39, 0.29) is 24.8 Å². The van der Waals surface area contributed by atoms with Crippen LogP contribution in [0.25, 0.3) is 0 Å². The van der Waals surface area contributed by atoms with Crippen molar-refractivity contribution in [2.24, 2.45) is 5.92 Å². The number of rotatable bonds is 3. The van der Waals surface area contributed by atoms with E-state index in [2.05, 4.69) is 57.1 Å². The molecule has 1 heterocycles. The van der Waals surface area contributed by atoms with Crippen molar-refractivity contribution >= 4 is 47.4 Å². The van der Waals surface area contributed by atoms with Crippen LogP contribution >= 0.6 is 47.4 Å². The SMILES string of the molecule is Cl.Cl.Ic1cccc([C@@H](C2CC2)N2CCNCC2)c1. The summed E-state index contributed by atoms with van der Waals surface area (Å²) >= 11 is 2.42. The monoisotopic (exact) mass is 414 g/mol. The fourth-order valence-corrected chi connectivity index (χ4v) is 3.41. The minimum atomic E-state index is 0. The maximum Gasteiger partial charge on any atom is 0.0377 e. The minimum Gasteiger partial charge on any atom is -0.314 e. The second kappa shape index (κ2) is 8.03. The van der Waals surface area contributed by atoms with E-state index >= 15 is 0 Å². The molecule has 3 rings (SSSR count). The number of hydrogen-bond donors (Lipinski definition) is 1. The predicted octanol–water partition coefficient (Wildman–Crippen LogP) is 3.49. The summed E-state index contributed by atoms with van der Waals surface area (Å²) in [5.41, 5.74) is 1.53. The van der Waals surface area contributed by atoms with E-state index in [4.69, 9.17) is 0 Å². The van der Waals surface area contributed by atoms with E-state index in [1.807, 2.05) is 0 Å². The number of hydrogen-bond acceptors (Lipinski definition) is 2. The molecule has 108 valence electrons. The molecule has 1 aromatic rings. The summed E-state index contributed by atoms with van der Waals surface area (Å²) in [6, 6.07) is 9.74. The molecule has 0 spiro atoms. The molecule has 0 aromatic heterocycles. The smallest absolute Gasteiger partial charge is 0.0377 e. The van der Waals surface area contributed by atoms with Crippen molar-refractivity contribution in [3.63, 3.8) is 0 Å². The first-order chi connectivity index (χ1) is 8.34. The quantitative estimate of drug-likeness (QED) is 0.761. The first-order valence-electron chi connectivity index (χ1n) is 6.55. The van der Waals surface area contributed by atoms with Crippen LogP contribution in [0.1, 0.15) is 24.4 Å². The Kier molecular flexibility index (Phi) is 7.40. The van der Waals surface area contributed by atoms with E-state index in [1.54, 1.807) is 0 Å². The largest absolute Gasteiger partial charge is 0.314 e. The van der Waals surface area contributed by atoms with Gasteiger partial charge in [-0.25, -0.2) is 0 Å². The lowest BCUT2D eigenvalue weighted by Crippen LogP contribution is -2.45. The zero-order chi connectivity index (χ0) is 11.7. The van der Waals surface area contributed by atoms with Crippen molar-refractivity contribution in [1.82, 2.24) is 10.2 Å². The second-order valence-corrected chi connectivity index (χ2v) is 6.37. The van der Waals surface area contributed by atoms with Gasteiger partial charge in [-0.1, -0.05) is 12.1 Å². The van der Waals surface area contributed by atoms with E-state index in [1.165, 1.54) is 35.1 Å². The van der Waals surface area contributed by atoms with Crippen LogP contribution < -0.4 is 5.32 Å². The molecule has 1 atom stereocenters. The highest BCUT2D eigenvalue weighted by Crippen LogP contribution is 2.44. The van der Waals surface area contributed by atoms with Crippen LogP contribution in [-0.2, 0) is 0 Å². The molecule has 1 saturated heterocycles. The summed E-state index contributed by atoms with van der Waals surface area (Å²) in [7, 11) is 0. The summed E-state index contributed by atoms with van der Waals surface area (Å²) < 4.78 is 1.36.